The second kappa shape index (κ2) is 6.74. The first-order valence-corrected chi connectivity index (χ1v) is 6.67. The Morgan fingerprint density at radius 3 is 2.90 bits per heavy atom. The lowest BCUT2D eigenvalue weighted by atomic mass is 10.1. The molecular weight excluding hydrogens is 272 g/mol. The van der Waals surface area contributed by atoms with E-state index in [1.54, 1.807) is 18.2 Å². The molecule has 0 saturated heterocycles. The van der Waals surface area contributed by atoms with Crippen LogP contribution in [0.3, 0.4) is 0 Å². The van der Waals surface area contributed by atoms with E-state index >= 15 is 0 Å². The van der Waals surface area contributed by atoms with Crippen molar-refractivity contribution in [1.29, 1.82) is 0 Å². The highest BCUT2D eigenvalue weighted by atomic mass is 16.6. The van der Waals surface area contributed by atoms with Crippen LogP contribution < -0.4 is 10.1 Å². The second-order valence-corrected chi connectivity index (χ2v) is 4.66. The first-order valence-electron chi connectivity index (χ1n) is 6.67. The van der Waals surface area contributed by atoms with Crippen molar-refractivity contribution in [2.75, 3.05) is 19.0 Å². The van der Waals surface area contributed by atoms with Crippen molar-refractivity contribution in [3.05, 3.63) is 45.8 Å². The van der Waals surface area contributed by atoms with Gasteiger partial charge in [-0.1, -0.05) is 6.07 Å². The van der Waals surface area contributed by atoms with Gasteiger partial charge in [0.25, 0.3) is 0 Å². The van der Waals surface area contributed by atoms with Gasteiger partial charge in [0.05, 0.1) is 18.2 Å². The van der Waals surface area contributed by atoms with Crippen molar-refractivity contribution < 1.29 is 9.66 Å². The molecule has 2 rings (SSSR count). The number of hydrogen-bond acceptors (Lipinski definition) is 5. The van der Waals surface area contributed by atoms with E-state index in [1.165, 1.54) is 7.11 Å². The first kappa shape index (κ1) is 14.8. The van der Waals surface area contributed by atoms with E-state index in [9.17, 15) is 10.1 Å². The minimum atomic E-state index is -0.429. The average Bonchev–Trinajstić information content (AvgIpc) is 2.88. The maximum Gasteiger partial charge on any atom is 0.333 e. The third-order valence-electron chi connectivity index (χ3n) is 3.27. The maximum absolute atomic E-state index is 11.1. The highest BCUT2D eigenvalue weighted by Gasteiger charge is 2.19. The fourth-order valence-corrected chi connectivity index (χ4v) is 2.15. The van der Waals surface area contributed by atoms with Crippen molar-refractivity contribution in [2.45, 2.75) is 19.8 Å². The standard InChI is InChI=1S/C14H18N4O3/c1-10-11(9-16-17-10)5-4-8-15-12-6-3-7-13(21-2)14(12)18(19)20/h3,6-7,9,15H,4-5,8H2,1-2H3,(H,16,17). The summed E-state index contributed by atoms with van der Waals surface area (Å²) >= 11 is 0. The van der Waals surface area contributed by atoms with Crippen LogP contribution in [-0.2, 0) is 6.42 Å². The van der Waals surface area contributed by atoms with Gasteiger partial charge in [-0.3, -0.25) is 15.2 Å². The van der Waals surface area contributed by atoms with E-state index in [0.29, 0.717) is 12.2 Å². The van der Waals surface area contributed by atoms with Crippen LogP contribution in [0.5, 0.6) is 5.75 Å². The Hall–Kier alpha value is -2.57. The molecule has 2 aromatic rings. The number of aryl methyl sites for hydroxylation is 2. The molecule has 0 atom stereocenters. The number of nitro groups is 1. The SMILES string of the molecule is COc1cccc(NCCCc2cn[nH]c2C)c1[N+](=O)[O-]. The van der Waals surface area contributed by atoms with Gasteiger partial charge in [-0.05, 0) is 37.5 Å². The quantitative estimate of drug-likeness (QED) is 0.464. The number of para-hydroxylation sites is 1. The second-order valence-electron chi connectivity index (χ2n) is 4.66. The predicted molar refractivity (Wildman–Crippen MR) is 79.8 cm³/mol. The summed E-state index contributed by atoms with van der Waals surface area (Å²) in [7, 11) is 1.42. The average molecular weight is 290 g/mol. The minimum Gasteiger partial charge on any atom is -0.490 e. The summed E-state index contributed by atoms with van der Waals surface area (Å²) in [4.78, 5) is 10.7. The number of benzene rings is 1. The van der Waals surface area contributed by atoms with Crippen LogP contribution in [0.25, 0.3) is 0 Å². The summed E-state index contributed by atoms with van der Waals surface area (Å²) in [6, 6.07) is 5.00. The number of nitrogens with zero attached hydrogens (tertiary/aromatic N) is 2. The lowest BCUT2D eigenvalue weighted by Crippen LogP contribution is -2.06. The smallest absolute Gasteiger partial charge is 0.333 e. The fraction of sp³-hybridized carbons (Fsp3) is 0.357. The van der Waals surface area contributed by atoms with Crippen LogP contribution in [0.15, 0.2) is 24.4 Å². The molecule has 1 heterocycles. The minimum absolute atomic E-state index is 0.0282. The van der Waals surface area contributed by atoms with Crippen LogP contribution in [0.1, 0.15) is 17.7 Å². The molecule has 21 heavy (non-hydrogen) atoms. The Kier molecular flexibility index (Phi) is 4.76. The van der Waals surface area contributed by atoms with E-state index in [0.717, 1.165) is 24.1 Å². The summed E-state index contributed by atoms with van der Waals surface area (Å²) in [6.07, 6.45) is 3.53. The van der Waals surface area contributed by atoms with Crippen LogP contribution >= 0.6 is 0 Å². The number of ether oxygens (including phenoxy) is 1. The molecule has 1 aromatic carbocycles. The van der Waals surface area contributed by atoms with E-state index in [1.807, 2.05) is 13.1 Å². The van der Waals surface area contributed by atoms with Gasteiger partial charge < -0.3 is 10.1 Å². The van der Waals surface area contributed by atoms with E-state index < -0.39 is 4.92 Å². The largest absolute Gasteiger partial charge is 0.490 e. The molecule has 0 fully saturated rings. The molecule has 7 nitrogen and oxygen atoms in total. The van der Waals surface area contributed by atoms with Crippen LogP contribution in [0.4, 0.5) is 11.4 Å². The number of nitro benzene ring substituents is 1. The molecule has 0 spiro atoms. The molecule has 7 heteroatoms. The fourth-order valence-electron chi connectivity index (χ4n) is 2.15. The number of H-pyrrole nitrogens is 1. The highest BCUT2D eigenvalue weighted by molar-refractivity contribution is 5.68. The highest BCUT2D eigenvalue weighted by Crippen LogP contribution is 2.34. The third kappa shape index (κ3) is 3.50. The van der Waals surface area contributed by atoms with Gasteiger partial charge in [-0.25, -0.2) is 0 Å². The van der Waals surface area contributed by atoms with Gasteiger partial charge in [0.2, 0.25) is 0 Å². The molecule has 0 bridgehead atoms. The first-order chi connectivity index (χ1) is 10.1. The summed E-state index contributed by atoms with van der Waals surface area (Å²) in [5.41, 5.74) is 2.67. The molecular formula is C14H18N4O3. The predicted octanol–water partition coefficient (Wildman–Crippen LogP) is 2.68. The number of nitrogens with one attached hydrogen (secondary N) is 2. The number of aromatic nitrogens is 2. The Morgan fingerprint density at radius 2 is 2.29 bits per heavy atom. The Morgan fingerprint density at radius 1 is 1.48 bits per heavy atom. The molecule has 0 saturated carbocycles. The lowest BCUT2D eigenvalue weighted by Gasteiger charge is -2.09. The Bertz CT molecular complexity index is 624. The Balaban J connectivity index is 1.97. The molecule has 0 amide bonds. The zero-order valence-corrected chi connectivity index (χ0v) is 12.0. The van der Waals surface area contributed by atoms with Gasteiger partial charge in [0.1, 0.15) is 5.69 Å². The van der Waals surface area contributed by atoms with E-state index in [-0.39, 0.29) is 11.4 Å². The maximum atomic E-state index is 11.1. The van der Waals surface area contributed by atoms with Crippen LogP contribution in [0.2, 0.25) is 0 Å². The monoisotopic (exact) mass is 290 g/mol. The number of hydrogen-bond donors (Lipinski definition) is 2. The van der Waals surface area contributed by atoms with Gasteiger partial charge in [-0.15, -0.1) is 0 Å². The summed E-state index contributed by atoms with van der Waals surface area (Å²) in [6.45, 7) is 2.61. The summed E-state index contributed by atoms with van der Waals surface area (Å²) in [5.74, 6) is 0.260. The molecule has 112 valence electrons. The van der Waals surface area contributed by atoms with Gasteiger partial charge >= 0.3 is 5.69 Å². The molecule has 0 aliphatic carbocycles. The van der Waals surface area contributed by atoms with Gasteiger partial charge in [-0.2, -0.15) is 5.10 Å². The van der Waals surface area contributed by atoms with Gasteiger partial charge in [0.15, 0.2) is 5.75 Å². The van der Waals surface area contributed by atoms with Crippen molar-refractivity contribution in [2.24, 2.45) is 0 Å². The van der Waals surface area contributed by atoms with Gasteiger partial charge in [0, 0.05) is 12.2 Å². The van der Waals surface area contributed by atoms with Crippen molar-refractivity contribution in [1.82, 2.24) is 10.2 Å². The molecule has 0 aliphatic heterocycles. The van der Waals surface area contributed by atoms with Crippen molar-refractivity contribution >= 4 is 11.4 Å². The molecule has 1 aromatic heterocycles. The molecule has 2 N–H and O–H groups in total. The summed E-state index contributed by atoms with van der Waals surface area (Å²) < 4.78 is 5.03. The third-order valence-corrected chi connectivity index (χ3v) is 3.27. The molecule has 0 unspecified atom stereocenters. The number of rotatable bonds is 7. The molecule has 0 aliphatic rings. The number of anilines is 1. The topological polar surface area (TPSA) is 93.1 Å². The van der Waals surface area contributed by atoms with Crippen LogP contribution in [0, 0.1) is 17.0 Å². The summed E-state index contributed by atoms with van der Waals surface area (Å²) in [5, 5.41) is 21.1. The Labute approximate surface area is 122 Å². The lowest BCUT2D eigenvalue weighted by molar-refractivity contribution is -0.384. The number of aromatic amines is 1. The molecule has 0 radical (unpaired) electrons. The number of methoxy groups -OCH3 is 1. The van der Waals surface area contributed by atoms with Crippen LogP contribution in [-0.4, -0.2) is 28.8 Å². The zero-order chi connectivity index (χ0) is 15.2. The normalized spacial score (nSPS) is 10.4. The van der Waals surface area contributed by atoms with Crippen molar-refractivity contribution in [3.63, 3.8) is 0 Å². The van der Waals surface area contributed by atoms with Crippen molar-refractivity contribution in [3.8, 4) is 5.75 Å². The van der Waals surface area contributed by atoms with E-state index in [2.05, 4.69) is 15.5 Å². The zero-order valence-electron chi connectivity index (χ0n) is 12.0. The van der Waals surface area contributed by atoms with E-state index in [4.69, 9.17) is 4.74 Å².